The quantitative estimate of drug-likeness (QED) is 0.483. The minimum Gasteiger partial charge on any atom is -0.374 e. The summed E-state index contributed by atoms with van der Waals surface area (Å²) in [4.78, 5) is 16.1. The molecule has 2 aliphatic heterocycles. The maximum absolute atomic E-state index is 12.6. The second kappa shape index (κ2) is 11.3. The molecule has 6 heteroatoms. The van der Waals surface area contributed by atoms with Crippen molar-refractivity contribution in [2.75, 3.05) is 20.2 Å². The summed E-state index contributed by atoms with van der Waals surface area (Å²) in [7, 11) is 2.00. The molecule has 0 saturated carbocycles. The highest BCUT2D eigenvalue weighted by atomic mass is 32.1. The molecule has 182 valence electrons. The molecule has 1 aliphatic carbocycles. The van der Waals surface area contributed by atoms with Gasteiger partial charge in [-0.1, -0.05) is 30.7 Å². The molecular weight excluding hydrogens is 430 g/mol. The number of unbranched alkanes of at least 4 members (excludes halogenated alkanes) is 1. The highest BCUT2D eigenvalue weighted by molar-refractivity contribution is 7.12. The number of carbonyl (C=O) groups is 1. The fourth-order valence-corrected chi connectivity index (χ4v) is 6.71. The van der Waals surface area contributed by atoms with Crippen molar-refractivity contribution in [3.63, 3.8) is 0 Å². The van der Waals surface area contributed by atoms with E-state index in [4.69, 9.17) is 4.74 Å². The van der Waals surface area contributed by atoms with Crippen LogP contribution in [-0.2, 0) is 4.74 Å². The van der Waals surface area contributed by atoms with Gasteiger partial charge in [-0.25, -0.2) is 0 Å². The molecule has 2 bridgehead atoms. The van der Waals surface area contributed by atoms with Gasteiger partial charge in [0.25, 0.3) is 5.91 Å². The molecule has 5 atom stereocenters. The van der Waals surface area contributed by atoms with E-state index in [0.29, 0.717) is 24.0 Å². The summed E-state index contributed by atoms with van der Waals surface area (Å²) in [5, 5.41) is 8.48. The van der Waals surface area contributed by atoms with Gasteiger partial charge in [0.2, 0.25) is 0 Å². The minimum atomic E-state index is 0.0930. The van der Waals surface area contributed by atoms with Crippen LogP contribution in [0.4, 0.5) is 0 Å². The number of amides is 1. The van der Waals surface area contributed by atoms with E-state index in [1.807, 2.05) is 24.6 Å². The summed E-state index contributed by atoms with van der Waals surface area (Å²) in [6.07, 6.45) is 11.7. The Hall–Kier alpha value is -1.47. The molecule has 2 N–H and O–H groups in total. The van der Waals surface area contributed by atoms with Crippen LogP contribution in [0, 0.1) is 5.92 Å². The Morgan fingerprint density at radius 3 is 2.70 bits per heavy atom. The summed E-state index contributed by atoms with van der Waals surface area (Å²) >= 11 is 1.52. The van der Waals surface area contributed by atoms with Gasteiger partial charge in [-0.15, -0.1) is 11.3 Å². The molecule has 3 heterocycles. The lowest BCUT2D eigenvalue weighted by Gasteiger charge is -2.44. The van der Waals surface area contributed by atoms with Crippen LogP contribution >= 0.6 is 11.3 Å². The van der Waals surface area contributed by atoms with Crippen molar-refractivity contribution in [2.24, 2.45) is 5.92 Å². The van der Waals surface area contributed by atoms with Crippen LogP contribution in [-0.4, -0.2) is 61.3 Å². The van der Waals surface area contributed by atoms with E-state index in [9.17, 15) is 4.79 Å². The number of hydrogen-bond acceptors (Lipinski definition) is 5. The predicted octanol–water partition coefficient (Wildman–Crippen LogP) is 4.77. The SMILES string of the molecule is CNCCCCOC1C=CC(C(C)N2C3CCC2CC(NC(=O)c2cccs2)C3)=C(C)C1C. The fraction of sp³-hybridized carbons (Fsp3) is 0.667. The summed E-state index contributed by atoms with van der Waals surface area (Å²) in [6.45, 7) is 8.87. The molecule has 3 aliphatic rings. The third kappa shape index (κ3) is 5.61. The van der Waals surface area contributed by atoms with Crippen LogP contribution in [0.25, 0.3) is 0 Å². The molecule has 33 heavy (non-hydrogen) atoms. The van der Waals surface area contributed by atoms with Crippen molar-refractivity contribution in [1.29, 1.82) is 0 Å². The molecule has 2 fully saturated rings. The Morgan fingerprint density at radius 2 is 2.03 bits per heavy atom. The standard InChI is InChI=1S/C27H41N3O2S/c1-18-19(2)25(32-14-6-5-13-28-4)12-11-24(18)20(3)30-22-9-10-23(30)17-21(16-22)29-27(31)26-8-7-15-33-26/h7-8,11-12,15,19-23,25,28H,5-6,9-10,13-14,16-17H2,1-4H3,(H,29,31). The first kappa shape index (κ1) is 24.6. The number of ether oxygens (including phenoxy) is 1. The van der Waals surface area contributed by atoms with E-state index >= 15 is 0 Å². The predicted molar refractivity (Wildman–Crippen MR) is 137 cm³/mol. The Bertz CT molecular complexity index is 836. The zero-order valence-corrected chi connectivity index (χ0v) is 21.5. The first-order valence-electron chi connectivity index (χ1n) is 12.8. The number of nitrogens with one attached hydrogen (secondary N) is 2. The largest absolute Gasteiger partial charge is 0.374 e. The number of carbonyl (C=O) groups excluding carboxylic acids is 1. The van der Waals surface area contributed by atoms with E-state index in [1.165, 1.54) is 35.3 Å². The summed E-state index contributed by atoms with van der Waals surface area (Å²) < 4.78 is 6.22. The average Bonchev–Trinajstić information content (AvgIpc) is 3.43. The molecule has 4 rings (SSSR count). The number of fused-ring (bicyclic) bond motifs is 2. The highest BCUT2D eigenvalue weighted by Gasteiger charge is 2.44. The van der Waals surface area contributed by atoms with Crippen molar-refractivity contribution in [2.45, 2.75) is 89.6 Å². The summed E-state index contributed by atoms with van der Waals surface area (Å²) in [5.74, 6) is 0.507. The third-order valence-electron chi connectivity index (χ3n) is 8.00. The Kier molecular flexibility index (Phi) is 8.44. The summed E-state index contributed by atoms with van der Waals surface area (Å²) in [6, 6.07) is 5.66. The van der Waals surface area contributed by atoms with Crippen molar-refractivity contribution in [1.82, 2.24) is 15.5 Å². The van der Waals surface area contributed by atoms with Crippen molar-refractivity contribution in [3.05, 3.63) is 45.7 Å². The number of piperidine rings is 1. The molecule has 2 saturated heterocycles. The molecule has 5 nitrogen and oxygen atoms in total. The number of hydrogen-bond donors (Lipinski definition) is 2. The number of rotatable bonds is 10. The van der Waals surface area contributed by atoms with E-state index in [2.05, 4.69) is 48.5 Å². The van der Waals surface area contributed by atoms with Crippen LogP contribution in [0.5, 0.6) is 0 Å². The van der Waals surface area contributed by atoms with Gasteiger partial charge < -0.3 is 15.4 Å². The zero-order valence-electron chi connectivity index (χ0n) is 20.7. The van der Waals surface area contributed by atoms with Gasteiger partial charge in [0.15, 0.2) is 0 Å². The average molecular weight is 472 g/mol. The Balaban J connectivity index is 1.34. The maximum Gasteiger partial charge on any atom is 0.261 e. The lowest BCUT2D eigenvalue weighted by atomic mass is 9.83. The van der Waals surface area contributed by atoms with Crippen LogP contribution in [0.15, 0.2) is 40.8 Å². The molecule has 0 radical (unpaired) electrons. The smallest absolute Gasteiger partial charge is 0.261 e. The van der Waals surface area contributed by atoms with Crippen LogP contribution in [0.2, 0.25) is 0 Å². The van der Waals surface area contributed by atoms with Gasteiger partial charge >= 0.3 is 0 Å². The van der Waals surface area contributed by atoms with Gasteiger partial charge in [0, 0.05) is 36.7 Å². The molecule has 5 unspecified atom stereocenters. The minimum absolute atomic E-state index is 0.0930. The monoisotopic (exact) mass is 471 g/mol. The lowest BCUT2D eigenvalue weighted by Crippen LogP contribution is -2.53. The normalized spacial score (nSPS) is 30.6. The van der Waals surface area contributed by atoms with Gasteiger partial charge in [-0.3, -0.25) is 9.69 Å². The molecule has 1 aromatic heterocycles. The van der Waals surface area contributed by atoms with Crippen molar-refractivity contribution >= 4 is 17.2 Å². The lowest BCUT2D eigenvalue weighted by molar-refractivity contribution is 0.0537. The zero-order chi connectivity index (χ0) is 23.4. The van der Waals surface area contributed by atoms with Crippen LogP contribution in [0.1, 0.15) is 69.0 Å². The molecule has 1 aromatic rings. The second-order valence-electron chi connectivity index (χ2n) is 10.1. The van der Waals surface area contributed by atoms with Gasteiger partial charge in [0.1, 0.15) is 0 Å². The topological polar surface area (TPSA) is 53.6 Å². The first-order chi connectivity index (χ1) is 16.0. The van der Waals surface area contributed by atoms with E-state index < -0.39 is 0 Å². The van der Waals surface area contributed by atoms with Gasteiger partial charge in [-0.2, -0.15) is 0 Å². The van der Waals surface area contributed by atoms with Gasteiger partial charge in [-0.05, 0) is 83.0 Å². The molecule has 0 spiro atoms. The molecular formula is C27H41N3O2S. The molecule has 1 amide bonds. The van der Waals surface area contributed by atoms with Crippen LogP contribution in [0.3, 0.4) is 0 Å². The van der Waals surface area contributed by atoms with Crippen molar-refractivity contribution in [3.8, 4) is 0 Å². The molecule has 0 aromatic carbocycles. The highest BCUT2D eigenvalue weighted by Crippen LogP contribution is 2.41. The Morgan fingerprint density at radius 1 is 1.27 bits per heavy atom. The van der Waals surface area contributed by atoms with Gasteiger partial charge in [0.05, 0.1) is 11.0 Å². The maximum atomic E-state index is 12.6. The number of thiophene rings is 1. The fourth-order valence-electron chi connectivity index (χ4n) is 6.09. The second-order valence-corrected chi connectivity index (χ2v) is 11.0. The third-order valence-corrected chi connectivity index (χ3v) is 8.86. The van der Waals surface area contributed by atoms with E-state index in [0.717, 1.165) is 43.7 Å². The van der Waals surface area contributed by atoms with Crippen LogP contribution < -0.4 is 10.6 Å². The Labute approximate surface area is 203 Å². The first-order valence-corrected chi connectivity index (χ1v) is 13.6. The van der Waals surface area contributed by atoms with E-state index in [-0.39, 0.29) is 18.1 Å². The van der Waals surface area contributed by atoms with E-state index in [1.54, 1.807) is 0 Å². The summed E-state index contributed by atoms with van der Waals surface area (Å²) in [5.41, 5.74) is 2.94. The van der Waals surface area contributed by atoms with Crippen molar-refractivity contribution < 1.29 is 9.53 Å². The number of nitrogens with zero attached hydrogens (tertiary/aromatic N) is 1.